The van der Waals surface area contributed by atoms with Crippen molar-refractivity contribution in [2.45, 2.75) is 0 Å². The molecule has 11 heavy (non-hydrogen) atoms. The van der Waals surface area contributed by atoms with Crippen LogP contribution >= 0.6 is 0 Å². The number of hydrogen-bond donors (Lipinski definition) is 2. The van der Waals surface area contributed by atoms with Crippen LogP contribution in [0.5, 0.6) is 11.5 Å². The zero-order chi connectivity index (χ0) is 8.43. The minimum atomic E-state index is -1.13. The van der Waals surface area contributed by atoms with Crippen LogP contribution in [0.15, 0.2) is 23.0 Å². The average Bonchev–Trinajstić information content (AvgIpc) is 2.05. The van der Waals surface area contributed by atoms with Crippen LogP contribution in [0.4, 0.5) is 4.39 Å². The van der Waals surface area contributed by atoms with Gasteiger partial charge in [-0.05, 0) is 12.1 Å². The minimum Gasteiger partial charge on any atom is -0.504 e. The van der Waals surface area contributed by atoms with E-state index in [2.05, 4.69) is 0 Å². The molecule has 0 saturated carbocycles. The molecule has 0 saturated heterocycles. The quantitative estimate of drug-likeness (QED) is 0.578. The normalized spacial score (nSPS) is 9.55. The first-order chi connectivity index (χ1) is 5.11. The maximum absolute atomic E-state index is 12.5. The molecule has 0 bridgehead atoms. The molecule has 0 fully saturated rings. The Morgan fingerprint density at radius 2 is 1.91 bits per heavy atom. The Hall–Kier alpha value is -1.58. The lowest BCUT2D eigenvalue weighted by atomic mass is 10.4. The first-order valence-electron chi connectivity index (χ1n) is 2.83. The van der Waals surface area contributed by atoms with Gasteiger partial charge in [-0.2, -0.15) is 0 Å². The summed E-state index contributed by atoms with van der Waals surface area (Å²) in [5, 5.41) is 17.5. The molecule has 0 unspecified atom stereocenters. The molecule has 4 heteroatoms. The Bertz CT molecular complexity index is 335. The number of aromatic hydroxyl groups is 2. The summed E-state index contributed by atoms with van der Waals surface area (Å²) in [6.07, 6.45) is 0. The highest BCUT2D eigenvalue weighted by Gasteiger charge is 2.03. The maximum atomic E-state index is 12.5. The molecule has 0 heterocycles. The summed E-state index contributed by atoms with van der Waals surface area (Å²) in [4.78, 5) is 10.5. The molecule has 0 aliphatic heterocycles. The summed E-state index contributed by atoms with van der Waals surface area (Å²) in [5.74, 6) is -2.69. The molecule has 0 atom stereocenters. The van der Waals surface area contributed by atoms with Crippen LogP contribution in [-0.4, -0.2) is 10.2 Å². The van der Waals surface area contributed by atoms with Gasteiger partial charge in [0.15, 0.2) is 22.7 Å². The van der Waals surface area contributed by atoms with Crippen molar-refractivity contribution in [2.24, 2.45) is 0 Å². The zero-order valence-electron chi connectivity index (χ0n) is 5.41. The summed E-state index contributed by atoms with van der Waals surface area (Å²) in [5.41, 5.74) is -0.613. The van der Waals surface area contributed by atoms with Crippen molar-refractivity contribution in [1.82, 2.24) is 0 Å². The van der Waals surface area contributed by atoms with Gasteiger partial charge in [0.05, 0.1) is 0 Å². The smallest absolute Gasteiger partial charge is 0.194 e. The lowest BCUT2D eigenvalue weighted by molar-refractivity contribution is 0.381. The molecule has 1 rings (SSSR count). The van der Waals surface area contributed by atoms with Crippen LogP contribution in [-0.2, 0) is 0 Å². The molecule has 0 amide bonds. The Morgan fingerprint density at radius 1 is 1.27 bits per heavy atom. The molecule has 2 N–H and O–H groups in total. The lowest BCUT2D eigenvalue weighted by Gasteiger charge is -1.89. The monoisotopic (exact) mass is 156 g/mol. The molecule has 1 aromatic carbocycles. The number of hydrogen-bond acceptors (Lipinski definition) is 3. The van der Waals surface area contributed by atoms with Gasteiger partial charge in [0.25, 0.3) is 0 Å². The molecular formula is C7H5FO3. The third kappa shape index (κ3) is 1.46. The molecule has 0 aromatic heterocycles. The fourth-order valence-electron chi connectivity index (χ4n) is 0.604. The summed E-state index contributed by atoms with van der Waals surface area (Å²) in [7, 11) is 0. The van der Waals surface area contributed by atoms with E-state index in [-0.39, 0.29) is 0 Å². The van der Waals surface area contributed by atoms with Gasteiger partial charge in [-0.1, -0.05) is 0 Å². The van der Waals surface area contributed by atoms with E-state index < -0.39 is 22.7 Å². The van der Waals surface area contributed by atoms with E-state index in [1.807, 2.05) is 0 Å². The Morgan fingerprint density at radius 3 is 2.55 bits per heavy atom. The van der Waals surface area contributed by atoms with Gasteiger partial charge >= 0.3 is 0 Å². The topological polar surface area (TPSA) is 57.5 Å². The molecule has 1 aromatic rings. The summed E-state index contributed by atoms with van der Waals surface area (Å²) >= 11 is 0. The highest BCUT2D eigenvalue weighted by atomic mass is 19.1. The van der Waals surface area contributed by atoms with Gasteiger partial charge in [-0.3, -0.25) is 4.79 Å². The van der Waals surface area contributed by atoms with Gasteiger partial charge in [0.1, 0.15) is 0 Å². The maximum Gasteiger partial charge on any atom is 0.194 e. The molecule has 58 valence electrons. The van der Waals surface area contributed by atoms with Crippen LogP contribution in [0.25, 0.3) is 0 Å². The van der Waals surface area contributed by atoms with E-state index in [1.165, 1.54) is 0 Å². The predicted octanol–water partition coefficient (Wildman–Crippen LogP) is 0.597. The third-order valence-electron chi connectivity index (χ3n) is 1.14. The standard InChI is InChI=1S/C7H5FO3/c8-5-3-4(9)1-2-6(10)7(5)11/h1-3,10-11H. The van der Waals surface area contributed by atoms with E-state index in [0.717, 1.165) is 12.1 Å². The molecule has 0 aliphatic rings. The molecule has 3 nitrogen and oxygen atoms in total. The predicted molar refractivity (Wildman–Crippen MR) is 36.0 cm³/mol. The van der Waals surface area contributed by atoms with Crippen molar-refractivity contribution in [3.8, 4) is 11.5 Å². The van der Waals surface area contributed by atoms with E-state index in [4.69, 9.17) is 10.2 Å². The van der Waals surface area contributed by atoms with E-state index in [9.17, 15) is 9.18 Å². The van der Waals surface area contributed by atoms with Crippen molar-refractivity contribution in [3.63, 3.8) is 0 Å². The van der Waals surface area contributed by atoms with Gasteiger partial charge in [0, 0.05) is 6.07 Å². The van der Waals surface area contributed by atoms with Crippen LogP contribution in [0.2, 0.25) is 0 Å². The first-order valence-corrected chi connectivity index (χ1v) is 2.83. The van der Waals surface area contributed by atoms with E-state index >= 15 is 0 Å². The highest BCUT2D eigenvalue weighted by molar-refractivity contribution is 5.36. The van der Waals surface area contributed by atoms with Crippen LogP contribution in [0.3, 0.4) is 0 Å². The summed E-state index contributed by atoms with van der Waals surface area (Å²) in [6, 6.07) is 2.48. The highest BCUT2D eigenvalue weighted by Crippen LogP contribution is 2.23. The molecular weight excluding hydrogens is 151 g/mol. The second kappa shape index (κ2) is 2.57. The number of halogens is 1. The van der Waals surface area contributed by atoms with Crippen LogP contribution < -0.4 is 5.43 Å². The third-order valence-corrected chi connectivity index (χ3v) is 1.14. The fourth-order valence-corrected chi connectivity index (χ4v) is 0.604. The van der Waals surface area contributed by atoms with Crippen molar-refractivity contribution < 1.29 is 14.6 Å². The second-order valence-corrected chi connectivity index (χ2v) is 1.96. The lowest BCUT2D eigenvalue weighted by Crippen LogP contribution is -1.90. The van der Waals surface area contributed by atoms with Crippen molar-refractivity contribution in [2.75, 3.05) is 0 Å². The van der Waals surface area contributed by atoms with Crippen molar-refractivity contribution in [1.29, 1.82) is 0 Å². The van der Waals surface area contributed by atoms with E-state index in [1.54, 1.807) is 0 Å². The van der Waals surface area contributed by atoms with Crippen molar-refractivity contribution >= 4 is 0 Å². The zero-order valence-corrected chi connectivity index (χ0v) is 5.41. The van der Waals surface area contributed by atoms with E-state index in [0.29, 0.717) is 6.07 Å². The average molecular weight is 156 g/mol. The Kier molecular flexibility index (Phi) is 1.76. The minimum absolute atomic E-state index is 0.592. The Balaban J connectivity index is 3.56. The molecule has 0 radical (unpaired) electrons. The fraction of sp³-hybridized carbons (Fsp3) is 0. The number of rotatable bonds is 0. The van der Waals surface area contributed by atoms with Gasteiger partial charge in [0.2, 0.25) is 0 Å². The van der Waals surface area contributed by atoms with Crippen LogP contribution in [0, 0.1) is 5.82 Å². The van der Waals surface area contributed by atoms with Gasteiger partial charge in [-0.25, -0.2) is 4.39 Å². The Labute approximate surface area is 61.4 Å². The summed E-state index contributed by atoms with van der Waals surface area (Å²) in [6.45, 7) is 0. The summed E-state index contributed by atoms with van der Waals surface area (Å²) < 4.78 is 12.5. The molecule has 0 aliphatic carbocycles. The van der Waals surface area contributed by atoms with Gasteiger partial charge in [-0.15, -0.1) is 0 Å². The SMILES string of the molecule is O=c1ccc(O)c(O)c(F)c1. The van der Waals surface area contributed by atoms with Crippen molar-refractivity contribution in [3.05, 3.63) is 34.2 Å². The largest absolute Gasteiger partial charge is 0.504 e. The first kappa shape index (κ1) is 7.53. The van der Waals surface area contributed by atoms with Crippen LogP contribution in [0.1, 0.15) is 0 Å². The van der Waals surface area contributed by atoms with Gasteiger partial charge < -0.3 is 10.2 Å². The second-order valence-electron chi connectivity index (χ2n) is 1.96. The molecule has 0 spiro atoms.